The third-order valence-electron chi connectivity index (χ3n) is 2.64. The Hall–Kier alpha value is -1.18. The highest BCUT2D eigenvalue weighted by molar-refractivity contribution is 7.90. The van der Waals surface area contributed by atoms with Gasteiger partial charge in [-0.1, -0.05) is 6.07 Å². The molecular weight excluding hydrogens is 243 g/mol. The molecule has 90 valence electrons. The van der Waals surface area contributed by atoms with Gasteiger partial charge in [0.1, 0.15) is 12.0 Å². The Morgan fingerprint density at radius 3 is 2.88 bits per heavy atom. The Morgan fingerprint density at radius 1 is 1.59 bits per heavy atom. The fraction of sp³-hybridized carbons (Fsp3) is 0.300. The van der Waals surface area contributed by atoms with E-state index in [-0.39, 0.29) is 16.2 Å². The summed E-state index contributed by atoms with van der Waals surface area (Å²) in [6.45, 7) is 0. The van der Waals surface area contributed by atoms with E-state index in [1.54, 1.807) is 12.1 Å². The van der Waals surface area contributed by atoms with Crippen molar-refractivity contribution >= 4 is 24.3 Å². The van der Waals surface area contributed by atoms with Crippen molar-refractivity contribution in [1.82, 2.24) is 0 Å². The third kappa shape index (κ3) is 2.26. The highest BCUT2D eigenvalue weighted by atomic mass is 32.2. The zero-order chi connectivity index (χ0) is 12.6. The van der Waals surface area contributed by atoms with Gasteiger partial charge in [-0.2, -0.15) is 0 Å². The van der Waals surface area contributed by atoms with E-state index in [9.17, 15) is 14.4 Å². The molecule has 0 fully saturated rings. The summed E-state index contributed by atoms with van der Waals surface area (Å²) < 4.78 is 16.6. The van der Waals surface area contributed by atoms with Gasteiger partial charge in [0, 0.05) is 0 Å². The quantitative estimate of drug-likeness (QED) is 0.593. The second-order valence-corrected chi connectivity index (χ2v) is 5.15. The molecule has 5 nitrogen and oxygen atoms in total. The minimum atomic E-state index is -1.41. The van der Waals surface area contributed by atoms with Gasteiger partial charge in [0.15, 0.2) is 10.5 Å². The number of hydrogen-bond acceptors (Lipinski definition) is 4. The molecule has 0 bridgehead atoms. The molecule has 17 heavy (non-hydrogen) atoms. The molecule has 0 saturated carbocycles. The Labute approximate surface area is 102 Å². The first-order valence-electron chi connectivity index (χ1n) is 5.08. The summed E-state index contributed by atoms with van der Waals surface area (Å²) in [7, 11) is -0.999. The Balaban J connectivity index is 2.60. The molecule has 1 aromatic rings. The smallest absolute Gasteiger partial charge is 0.522 e. The summed E-state index contributed by atoms with van der Waals surface area (Å²) in [4.78, 5) is 11.4. The predicted octanol–water partition coefficient (Wildman–Crippen LogP) is 0.538. The van der Waals surface area contributed by atoms with Crippen LogP contribution in [-0.2, 0) is 17.6 Å². The molecule has 1 aliphatic rings. The van der Waals surface area contributed by atoms with Gasteiger partial charge in [-0.05, 0) is 35.5 Å². The summed E-state index contributed by atoms with van der Waals surface area (Å²) in [5.41, 5.74) is 0.615. The molecular formula is C10H11BO5S. The van der Waals surface area contributed by atoms with Gasteiger partial charge in [-0.15, -0.1) is 0 Å². The summed E-state index contributed by atoms with van der Waals surface area (Å²) in [5.74, 6) is -1.05. The summed E-state index contributed by atoms with van der Waals surface area (Å²) in [6, 6.07) is 3.24. The van der Waals surface area contributed by atoms with Gasteiger partial charge >= 0.3 is 13.1 Å². The Morgan fingerprint density at radius 2 is 2.29 bits per heavy atom. The fourth-order valence-corrected chi connectivity index (χ4v) is 2.58. The van der Waals surface area contributed by atoms with E-state index in [1.807, 2.05) is 0 Å². The van der Waals surface area contributed by atoms with Crippen LogP contribution >= 0.6 is 0 Å². The molecule has 0 amide bonds. The first kappa shape index (κ1) is 12.3. The van der Waals surface area contributed by atoms with Gasteiger partial charge in [-0.25, -0.2) is 4.79 Å². The van der Waals surface area contributed by atoms with Crippen LogP contribution in [0.1, 0.15) is 15.9 Å². The molecule has 0 saturated heterocycles. The van der Waals surface area contributed by atoms with Crippen molar-refractivity contribution in [3.05, 3.63) is 23.3 Å². The minimum absolute atomic E-state index is 0.109. The lowest BCUT2D eigenvalue weighted by Gasteiger charge is -2.22. The van der Waals surface area contributed by atoms with Gasteiger partial charge in [0.2, 0.25) is 0 Å². The zero-order valence-electron chi connectivity index (χ0n) is 9.17. The van der Waals surface area contributed by atoms with Crippen LogP contribution in [0.2, 0.25) is 6.32 Å². The van der Waals surface area contributed by atoms with Crippen molar-refractivity contribution in [2.75, 3.05) is 6.26 Å². The average Bonchev–Trinajstić information content (AvgIpc) is 2.26. The SMILES string of the molecule is C[S+]([O-])c1ccc2c(c1C(=O)O)OB(O)CC2. The summed E-state index contributed by atoms with van der Waals surface area (Å²) in [6.07, 6.45) is 2.39. The molecule has 7 heteroatoms. The topological polar surface area (TPSA) is 89.8 Å². The number of aryl methyl sites for hydroxylation is 1. The molecule has 1 aliphatic heterocycles. The van der Waals surface area contributed by atoms with Crippen LogP contribution < -0.4 is 4.65 Å². The number of carboxylic acids is 1. The first-order chi connectivity index (χ1) is 8.00. The van der Waals surface area contributed by atoms with Crippen molar-refractivity contribution in [3.8, 4) is 5.75 Å². The second-order valence-electron chi connectivity index (χ2n) is 3.80. The molecule has 2 N–H and O–H groups in total. The third-order valence-corrected chi connectivity index (χ3v) is 3.60. The van der Waals surface area contributed by atoms with Gasteiger partial charge in [0.05, 0.1) is 0 Å². The van der Waals surface area contributed by atoms with E-state index in [0.717, 1.165) is 5.56 Å². The predicted molar refractivity (Wildman–Crippen MR) is 62.8 cm³/mol. The van der Waals surface area contributed by atoms with E-state index in [2.05, 4.69) is 0 Å². The van der Waals surface area contributed by atoms with Crippen LogP contribution in [0.3, 0.4) is 0 Å². The molecule has 2 rings (SSSR count). The van der Waals surface area contributed by atoms with Crippen LogP contribution in [0.4, 0.5) is 0 Å². The molecule has 1 heterocycles. The average molecular weight is 254 g/mol. The molecule has 0 aliphatic carbocycles. The van der Waals surface area contributed by atoms with Crippen LogP contribution in [0.5, 0.6) is 5.75 Å². The van der Waals surface area contributed by atoms with Crippen LogP contribution in [-0.4, -0.2) is 34.0 Å². The van der Waals surface area contributed by atoms with Crippen molar-refractivity contribution < 1.29 is 24.1 Å². The number of hydrogen-bond donors (Lipinski definition) is 2. The highest BCUT2D eigenvalue weighted by Gasteiger charge is 2.31. The fourth-order valence-electron chi connectivity index (χ4n) is 1.86. The van der Waals surface area contributed by atoms with Gasteiger partial charge in [0.25, 0.3) is 0 Å². The lowest BCUT2D eigenvalue weighted by atomic mass is 9.78. The van der Waals surface area contributed by atoms with Crippen LogP contribution in [0.15, 0.2) is 17.0 Å². The molecule has 1 unspecified atom stereocenters. The molecule has 1 atom stereocenters. The minimum Gasteiger partial charge on any atom is -0.612 e. The maximum atomic E-state index is 11.5. The Kier molecular flexibility index (Phi) is 3.32. The Bertz CT molecular complexity index is 462. The van der Waals surface area contributed by atoms with Crippen molar-refractivity contribution in [2.24, 2.45) is 0 Å². The maximum Gasteiger partial charge on any atom is 0.522 e. The lowest BCUT2D eigenvalue weighted by Crippen LogP contribution is -2.28. The van der Waals surface area contributed by atoms with E-state index >= 15 is 0 Å². The van der Waals surface area contributed by atoms with E-state index in [1.165, 1.54) is 6.26 Å². The highest BCUT2D eigenvalue weighted by Crippen LogP contribution is 2.34. The van der Waals surface area contributed by atoms with E-state index in [4.69, 9.17) is 9.76 Å². The van der Waals surface area contributed by atoms with Gasteiger partial charge in [-0.3, -0.25) is 0 Å². The number of fused-ring (bicyclic) bond motifs is 1. The van der Waals surface area contributed by atoms with E-state index in [0.29, 0.717) is 12.7 Å². The molecule has 0 spiro atoms. The number of aromatic carboxylic acids is 1. The first-order valence-corrected chi connectivity index (χ1v) is 6.64. The van der Waals surface area contributed by atoms with Crippen LogP contribution in [0, 0.1) is 0 Å². The zero-order valence-corrected chi connectivity index (χ0v) is 9.99. The number of benzene rings is 1. The summed E-state index contributed by atoms with van der Waals surface area (Å²) >= 11 is -1.41. The van der Waals surface area contributed by atoms with Crippen molar-refractivity contribution in [1.29, 1.82) is 0 Å². The van der Waals surface area contributed by atoms with E-state index < -0.39 is 24.3 Å². The largest absolute Gasteiger partial charge is 0.612 e. The summed E-state index contributed by atoms with van der Waals surface area (Å²) in [5, 5.41) is 18.6. The number of rotatable bonds is 2. The standard InChI is InChI=1S/C10H11BO5S/c1-17(15)7-3-2-6-4-5-11(14)16-9(6)8(7)10(12)13/h2-3,14H,4-5H2,1H3,(H,12,13). The molecule has 1 aromatic carbocycles. The second kappa shape index (κ2) is 4.60. The van der Waals surface area contributed by atoms with Crippen LogP contribution in [0.25, 0.3) is 0 Å². The normalized spacial score (nSPS) is 16.1. The van der Waals surface area contributed by atoms with Gasteiger partial charge < -0.3 is 19.3 Å². The molecule has 0 aromatic heterocycles. The number of carbonyl (C=O) groups is 1. The monoisotopic (exact) mass is 254 g/mol. The maximum absolute atomic E-state index is 11.5. The van der Waals surface area contributed by atoms with Crippen molar-refractivity contribution in [2.45, 2.75) is 17.6 Å². The number of carboxylic acid groups (broad SMARTS) is 1. The molecule has 0 radical (unpaired) electrons. The lowest BCUT2D eigenvalue weighted by molar-refractivity contribution is 0.0690. The van der Waals surface area contributed by atoms with Crippen molar-refractivity contribution in [3.63, 3.8) is 0 Å².